The molecule has 164 valence electrons. The summed E-state index contributed by atoms with van der Waals surface area (Å²) in [5, 5.41) is 0. The van der Waals surface area contributed by atoms with Crippen molar-refractivity contribution in [1.29, 1.82) is 0 Å². The summed E-state index contributed by atoms with van der Waals surface area (Å²) in [6, 6.07) is 16.8. The molecule has 4 rings (SSSR count). The number of piperazine rings is 1. The number of nitrogens with zero attached hydrogens (tertiary/aromatic N) is 3. The molecule has 0 unspecified atom stereocenters. The van der Waals surface area contributed by atoms with Gasteiger partial charge >= 0.3 is 0 Å². The molecule has 2 aromatic rings. The van der Waals surface area contributed by atoms with Crippen LogP contribution in [0.1, 0.15) is 23.1 Å². The molecule has 5 nitrogen and oxygen atoms in total. The van der Waals surface area contributed by atoms with Crippen LogP contribution in [0, 0.1) is 6.92 Å². The molecule has 31 heavy (non-hydrogen) atoms. The number of carbonyl (C=O) groups excluding carboxylic acids is 1. The van der Waals surface area contributed by atoms with Gasteiger partial charge in [0.15, 0.2) is 0 Å². The summed E-state index contributed by atoms with van der Waals surface area (Å²) >= 11 is 0. The smallest absolute Gasteiger partial charge is 0.237 e. The van der Waals surface area contributed by atoms with E-state index in [0.29, 0.717) is 6.54 Å². The average Bonchev–Trinajstić information content (AvgIpc) is 2.81. The van der Waals surface area contributed by atoms with E-state index in [-0.39, 0.29) is 5.91 Å². The molecule has 0 N–H and O–H groups in total. The molecule has 0 radical (unpaired) electrons. The number of carbonyl (C=O) groups is 1. The molecule has 0 atom stereocenters. The molecule has 0 aliphatic carbocycles. The Kier molecular flexibility index (Phi) is 7.05. The van der Waals surface area contributed by atoms with Crippen molar-refractivity contribution in [2.24, 2.45) is 0 Å². The summed E-state index contributed by atoms with van der Waals surface area (Å²) in [4.78, 5) is 19.6. The fourth-order valence-corrected chi connectivity index (χ4v) is 4.48. The summed E-state index contributed by atoms with van der Waals surface area (Å²) in [5.74, 6) is 1.20. The summed E-state index contributed by atoms with van der Waals surface area (Å²) in [5.41, 5.74) is 5.12. The Bertz CT molecular complexity index is 918. The van der Waals surface area contributed by atoms with Crippen molar-refractivity contribution in [1.82, 2.24) is 14.7 Å². The van der Waals surface area contributed by atoms with Crippen LogP contribution >= 0.6 is 0 Å². The lowest BCUT2D eigenvalue weighted by molar-refractivity contribution is -0.132. The maximum absolute atomic E-state index is 12.8. The van der Waals surface area contributed by atoms with Gasteiger partial charge in [-0.05, 0) is 30.5 Å². The maximum Gasteiger partial charge on any atom is 0.237 e. The normalized spacial score (nSPS) is 18.0. The first-order chi connectivity index (χ1) is 15.1. The summed E-state index contributed by atoms with van der Waals surface area (Å²) in [7, 11) is 1.73. The molecular weight excluding hydrogens is 386 g/mol. The topological polar surface area (TPSA) is 36.0 Å². The minimum atomic E-state index is 0.247. The van der Waals surface area contributed by atoms with Crippen molar-refractivity contribution < 1.29 is 9.53 Å². The molecule has 1 amide bonds. The third-order valence-electron chi connectivity index (χ3n) is 6.36. The van der Waals surface area contributed by atoms with E-state index in [1.54, 1.807) is 7.11 Å². The van der Waals surface area contributed by atoms with E-state index in [0.717, 1.165) is 58.0 Å². The molecular formula is C26H33N3O2. The Hall–Kier alpha value is -2.63. The van der Waals surface area contributed by atoms with Gasteiger partial charge in [0.2, 0.25) is 5.91 Å². The average molecular weight is 420 g/mol. The van der Waals surface area contributed by atoms with E-state index in [9.17, 15) is 4.79 Å². The highest BCUT2D eigenvalue weighted by Gasteiger charge is 2.23. The molecule has 5 heteroatoms. The van der Waals surface area contributed by atoms with Gasteiger partial charge in [0.25, 0.3) is 0 Å². The Balaban J connectivity index is 1.24. The fourth-order valence-electron chi connectivity index (χ4n) is 4.48. The van der Waals surface area contributed by atoms with Crippen LogP contribution in [0.2, 0.25) is 0 Å². The van der Waals surface area contributed by atoms with Gasteiger partial charge in [-0.25, -0.2) is 0 Å². The van der Waals surface area contributed by atoms with Crippen molar-refractivity contribution >= 4 is 11.5 Å². The van der Waals surface area contributed by atoms with E-state index in [1.807, 2.05) is 11.0 Å². The van der Waals surface area contributed by atoms with Crippen LogP contribution in [0.15, 0.2) is 54.6 Å². The van der Waals surface area contributed by atoms with Gasteiger partial charge in [-0.2, -0.15) is 0 Å². The highest BCUT2D eigenvalue weighted by Crippen LogP contribution is 2.23. The zero-order valence-corrected chi connectivity index (χ0v) is 18.7. The first kappa shape index (κ1) is 21.6. The molecule has 1 saturated heterocycles. The second kappa shape index (κ2) is 10.1. The minimum Gasteiger partial charge on any atom is -0.496 e. The Morgan fingerprint density at radius 2 is 1.71 bits per heavy atom. The third-order valence-corrected chi connectivity index (χ3v) is 6.36. The van der Waals surface area contributed by atoms with E-state index >= 15 is 0 Å². The molecule has 0 aromatic heterocycles. The molecule has 2 heterocycles. The second-order valence-electron chi connectivity index (χ2n) is 8.55. The number of aryl methyl sites for hydroxylation is 1. The van der Waals surface area contributed by atoms with Crippen LogP contribution < -0.4 is 4.74 Å². The number of rotatable bonds is 6. The quantitative estimate of drug-likeness (QED) is 0.719. The Morgan fingerprint density at radius 1 is 0.968 bits per heavy atom. The van der Waals surface area contributed by atoms with E-state index in [1.165, 1.54) is 22.3 Å². The van der Waals surface area contributed by atoms with Crippen LogP contribution in [-0.4, -0.2) is 73.5 Å². The molecule has 2 aliphatic rings. The van der Waals surface area contributed by atoms with Gasteiger partial charge in [-0.15, -0.1) is 0 Å². The van der Waals surface area contributed by atoms with Crippen molar-refractivity contribution in [3.63, 3.8) is 0 Å². The van der Waals surface area contributed by atoms with Crippen LogP contribution in [-0.2, 0) is 11.3 Å². The monoisotopic (exact) mass is 419 g/mol. The molecule has 2 aromatic carbocycles. The number of hydrogen-bond donors (Lipinski definition) is 0. The van der Waals surface area contributed by atoms with Crippen LogP contribution in [0.3, 0.4) is 0 Å². The minimum absolute atomic E-state index is 0.247. The third kappa shape index (κ3) is 5.54. The van der Waals surface area contributed by atoms with Crippen LogP contribution in [0.4, 0.5) is 0 Å². The first-order valence-electron chi connectivity index (χ1n) is 11.2. The van der Waals surface area contributed by atoms with Crippen molar-refractivity contribution in [3.8, 4) is 5.75 Å². The molecule has 0 saturated carbocycles. The highest BCUT2D eigenvalue weighted by atomic mass is 16.5. The van der Waals surface area contributed by atoms with E-state index in [4.69, 9.17) is 4.74 Å². The lowest BCUT2D eigenvalue weighted by Gasteiger charge is -2.36. The standard InChI is InChI=1S/C26H33N3O2/c1-21-8-9-25(31-2)24(18-21)19-27-14-16-28(17-15-27)20-26(30)29-12-10-23(11-13-29)22-6-4-3-5-7-22/h3-10,18H,11-17,19-20H2,1-2H3. The van der Waals surface area contributed by atoms with Gasteiger partial charge in [-0.3, -0.25) is 14.6 Å². The van der Waals surface area contributed by atoms with Crippen molar-refractivity contribution in [3.05, 3.63) is 71.3 Å². The van der Waals surface area contributed by atoms with Gasteiger partial charge in [0, 0.05) is 51.4 Å². The number of hydrogen-bond acceptors (Lipinski definition) is 4. The van der Waals surface area contributed by atoms with Gasteiger partial charge in [0.1, 0.15) is 5.75 Å². The number of ether oxygens (including phenoxy) is 1. The number of amides is 1. The summed E-state index contributed by atoms with van der Waals surface area (Å²) < 4.78 is 5.53. The Morgan fingerprint density at radius 3 is 2.39 bits per heavy atom. The van der Waals surface area contributed by atoms with Gasteiger partial charge in [-0.1, -0.05) is 54.1 Å². The lowest BCUT2D eigenvalue weighted by atomic mass is 9.99. The Labute approximate surface area is 185 Å². The van der Waals surface area contributed by atoms with Crippen molar-refractivity contribution in [2.75, 3.05) is 52.9 Å². The second-order valence-corrected chi connectivity index (χ2v) is 8.55. The van der Waals surface area contributed by atoms with Crippen LogP contribution in [0.25, 0.3) is 5.57 Å². The molecule has 0 bridgehead atoms. The largest absolute Gasteiger partial charge is 0.496 e. The van der Waals surface area contributed by atoms with E-state index in [2.05, 4.69) is 65.3 Å². The maximum atomic E-state index is 12.8. The zero-order chi connectivity index (χ0) is 21.6. The summed E-state index contributed by atoms with van der Waals surface area (Å²) in [6.07, 6.45) is 3.14. The zero-order valence-electron chi connectivity index (χ0n) is 18.7. The SMILES string of the molecule is COc1ccc(C)cc1CN1CCN(CC(=O)N2CC=C(c3ccccc3)CC2)CC1. The van der Waals surface area contributed by atoms with Gasteiger partial charge < -0.3 is 9.64 Å². The van der Waals surface area contributed by atoms with E-state index < -0.39 is 0 Å². The summed E-state index contributed by atoms with van der Waals surface area (Å²) in [6.45, 7) is 8.87. The number of benzene rings is 2. The first-order valence-corrected chi connectivity index (χ1v) is 11.2. The fraction of sp³-hybridized carbons (Fsp3) is 0.423. The van der Waals surface area contributed by atoms with Crippen LogP contribution in [0.5, 0.6) is 5.75 Å². The predicted octanol–water partition coefficient (Wildman–Crippen LogP) is 3.44. The lowest BCUT2D eigenvalue weighted by Crippen LogP contribution is -2.50. The molecule has 1 fully saturated rings. The molecule has 0 spiro atoms. The highest BCUT2D eigenvalue weighted by molar-refractivity contribution is 5.80. The predicted molar refractivity (Wildman–Crippen MR) is 125 cm³/mol. The number of methoxy groups -OCH3 is 1. The van der Waals surface area contributed by atoms with Gasteiger partial charge in [0.05, 0.1) is 13.7 Å². The molecule has 2 aliphatic heterocycles. The van der Waals surface area contributed by atoms with Crippen molar-refractivity contribution in [2.45, 2.75) is 19.9 Å².